The van der Waals surface area contributed by atoms with Gasteiger partial charge in [-0.2, -0.15) is 0 Å². The van der Waals surface area contributed by atoms with Crippen LogP contribution >= 0.6 is 0 Å². The van der Waals surface area contributed by atoms with E-state index in [9.17, 15) is 14.7 Å². The first-order valence-corrected chi connectivity index (χ1v) is 13.0. The average Bonchev–Trinajstić information content (AvgIpc) is 2.70. The van der Waals surface area contributed by atoms with Crippen molar-refractivity contribution in [3.05, 3.63) is 22.3 Å². The Morgan fingerprint density at radius 1 is 0.688 bits per heavy atom. The van der Waals surface area contributed by atoms with Crippen LogP contribution in [0.25, 0.3) is 0 Å². The van der Waals surface area contributed by atoms with E-state index in [1.807, 2.05) is 6.92 Å². The Hall–Kier alpha value is -1.22. The molecule has 0 fully saturated rings. The van der Waals surface area contributed by atoms with E-state index in [-0.39, 0.29) is 11.6 Å². The number of allylic oxidation sites excluding steroid dienone is 4. The molecule has 184 valence electrons. The molecule has 0 saturated heterocycles. The van der Waals surface area contributed by atoms with E-state index in [0.29, 0.717) is 41.1 Å². The maximum atomic E-state index is 12.6. The molecule has 0 aliphatic heterocycles. The van der Waals surface area contributed by atoms with Crippen molar-refractivity contribution in [3.8, 4) is 0 Å². The van der Waals surface area contributed by atoms with Crippen molar-refractivity contribution in [3.63, 3.8) is 0 Å². The molecule has 1 rings (SSSR count). The molecule has 0 saturated carbocycles. The first-order valence-electron chi connectivity index (χ1n) is 13.0. The summed E-state index contributed by atoms with van der Waals surface area (Å²) in [6.45, 7) is 16.4. The standard InChI is InChI=1S/C29H50O3/c1-20(2)12-9-13-21(3)14-10-15-22(4)16-11-18-29(8,32)19-17-26-25(7)27(30)23(5)24(6)28(26)31/h20-22,32H,9-19H2,1-8H3/t21?,22-,29+/m0/s1. The van der Waals surface area contributed by atoms with Crippen molar-refractivity contribution in [2.75, 3.05) is 0 Å². The second-order valence-electron chi connectivity index (χ2n) is 11.4. The molecule has 32 heavy (non-hydrogen) atoms. The van der Waals surface area contributed by atoms with Gasteiger partial charge in [-0.1, -0.05) is 79.1 Å². The third kappa shape index (κ3) is 9.73. The number of carbonyl (C=O) groups excluding carboxylic acids is 2. The SMILES string of the molecule is CC1=C(C)C(=O)C(CC[C@](C)(O)CCC[C@@H](C)CCCC(C)CCCC(C)C)=C(C)C1=O. The Labute approximate surface area is 198 Å². The van der Waals surface area contributed by atoms with Gasteiger partial charge < -0.3 is 5.11 Å². The molecule has 1 aliphatic rings. The summed E-state index contributed by atoms with van der Waals surface area (Å²) in [6, 6.07) is 0. The topological polar surface area (TPSA) is 54.4 Å². The lowest BCUT2D eigenvalue weighted by atomic mass is 9.81. The van der Waals surface area contributed by atoms with Crippen LogP contribution in [0.4, 0.5) is 0 Å². The number of hydrogen-bond donors (Lipinski definition) is 1. The Morgan fingerprint density at radius 3 is 1.69 bits per heavy atom. The number of Topliss-reactive ketones (excluding diaryl/α,β-unsaturated/α-hetero) is 2. The molecule has 1 aliphatic carbocycles. The quantitative estimate of drug-likeness (QED) is 0.261. The maximum absolute atomic E-state index is 12.6. The summed E-state index contributed by atoms with van der Waals surface area (Å²) in [6.07, 6.45) is 11.8. The highest BCUT2D eigenvalue weighted by atomic mass is 16.3. The summed E-state index contributed by atoms with van der Waals surface area (Å²) in [5.74, 6) is 2.28. The smallest absolute Gasteiger partial charge is 0.185 e. The Morgan fingerprint density at radius 2 is 1.16 bits per heavy atom. The minimum absolute atomic E-state index is 0.0255. The van der Waals surface area contributed by atoms with Gasteiger partial charge in [0.25, 0.3) is 0 Å². The van der Waals surface area contributed by atoms with Crippen molar-refractivity contribution in [1.82, 2.24) is 0 Å². The second-order valence-corrected chi connectivity index (χ2v) is 11.4. The van der Waals surface area contributed by atoms with Gasteiger partial charge in [-0.25, -0.2) is 0 Å². The fraction of sp³-hybridized carbons (Fsp3) is 0.793. The Bertz CT molecular complexity index is 693. The summed E-state index contributed by atoms with van der Waals surface area (Å²) < 4.78 is 0. The fourth-order valence-corrected chi connectivity index (χ4v) is 4.79. The zero-order valence-corrected chi connectivity index (χ0v) is 22.3. The number of hydrogen-bond acceptors (Lipinski definition) is 3. The highest BCUT2D eigenvalue weighted by Crippen LogP contribution is 2.31. The summed E-state index contributed by atoms with van der Waals surface area (Å²) in [5.41, 5.74) is 1.46. The largest absolute Gasteiger partial charge is 0.390 e. The van der Waals surface area contributed by atoms with Crippen molar-refractivity contribution >= 4 is 11.6 Å². The lowest BCUT2D eigenvalue weighted by Gasteiger charge is -2.26. The van der Waals surface area contributed by atoms with Crippen LogP contribution in [0.3, 0.4) is 0 Å². The molecule has 0 spiro atoms. The third-order valence-electron chi connectivity index (χ3n) is 7.51. The monoisotopic (exact) mass is 446 g/mol. The van der Waals surface area contributed by atoms with E-state index in [0.717, 1.165) is 31.1 Å². The van der Waals surface area contributed by atoms with Gasteiger partial charge in [0.05, 0.1) is 5.60 Å². The zero-order valence-electron chi connectivity index (χ0n) is 22.3. The highest BCUT2D eigenvalue weighted by molar-refractivity contribution is 6.24. The first-order chi connectivity index (χ1) is 14.9. The van der Waals surface area contributed by atoms with Gasteiger partial charge in [0, 0.05) is 22.3 Å². The lowest BCUT2D eigenvalue weighted by molar-refractivity contribution is -0.116. The van der Waals surface area contributed by atoms with E-state index in [2.05, 4.69) is 27.7 Å². The molecule has 3 heteroatoms. The number of carbonyl (C=O) groups is 2. The van der Waals surface area contributed by atoms with E-state index >= 15 is 0 Å². The van der Waals surface area contributed by atoms with Gasteiger partial charge >= 0.3 is 0 Å². The number of rotatable bonds is 15. The molecule has 1 N–H and O–H groups in total. The summed E-state index contributed by atoms with van der Waals surface area (Å²) in [4.78, 5) is 24.9. The molecule has 3 nitrogen and oxygen atoms in total. The minimum atomic E-state index is -0.800. The molecule has 0 radical (unpaired) electrons. The van der Waals surface area contributed by atoms with Crippen molar-refractivity contribution < 1.29 is 14.7 Å². The number of aliphatic hydroxyl groups is 1. The second kappa shape index (κ2) is 13.5. The van der Waals surface area contributed by atoms with Gasteiger partial charge in [-0.3, -0.25) is 9.59 Å². The normalized spacial score (nSPS) is 19.1. The van der Waals surface area contributed by atoms with Gasteiger partial charge in [0.15, 0.2) is 11.6 Å². The van der Waals surface area contributed by atoms with Crippen LogP contribution in [-0.2, 0) is 9.59 Å². The van der Waals surface area contributed by atoms with E-state index in [4.69, 9.17) is 0 Å². The van der Waals surface area contributed by atoms with Crippen molar-refractivity contribution in [2.45, 2.75) is 132 Å². The Kier molecular flexibility index (Phi) is 12.1. The molecule has 1 unspecified atom stereocenters. The van der Waals surface area contributed by atoms with E-state index in [1.54, 1.807) is 20.8 Å². The molecular weight excluding hydrogens is 396 g/mol. The van der Waals surface area contributed by atoms with Gasteiger partial charge in [-0.15, -0.1) is 0 Å². The van der Waals surface area contributed by atoms with Crippen LogP contribution in [0, 0.1) is 17.8 Å². The highest BCUT2D eigenvalue weighted by Gasteiger charge is 2.29. The van der Waals surface area contributed by atoms with Crippen LogP contribution in [0.5, 0.6) is 0 Å². The zero-order chi connectivity index (χ0) is 24.5. The molecular formula is C29H50O3. The van der Waals surface area contributed by atoms with Crippen molar-refractivity contribution in [1.29, 1.82) is 0 Å². The maximum Gasteiger partial charge on any atom is 0.185 e. The molecule has 3 atom stereocenters. The van der Waals surface area contributed by atoms with Crippen LogP contribution in [0.15, 0.2) is 22.3 Å². The van der Waals surface area contributed by atoms with E-state index < -0.39 is 5.60 Å². The van der Waals surface area contributed by atoms with Crippen LogP contribution in [0.2, 0.25) is 0 Å². The van der Waals surface area contributed by atoms with Crippen LogP contribution < -0.4 is 0 Å². The molecule has 0 amide bonds. The molecule has 0 aromatic heterocycles. The summed E-state index contributed by atoms with van der Waals surface area (Å²) in [7, 11) is 0. The molecule has 0 aromatic carbocycles. The lowest BCUT2D eigenvalue weighted by Crippen LogP contribution is -2.27. The van der Waals surface area contributed by atoms with Crippen LogP contribution in [0.1, 0.15) is 126 Å². The van der Waals surface area contributed by atoms with Gasteiger partial charge in [-0.05, 0) is 64.7 Å². The average molecular weight is 447 g/mol. The number of ketones is 2. The van der Waals surface area contributed by atoms with E-state index in [1.165, 1.54) is 38.5 Å². The molecule has 0 bridgehead atoms. The predicted octanol–water partition coefficient (Wildman–Crippen LogP) is 7.76. The van der Waals surface area contributed by atoms with Crippen LogP contribution in [-0.4, -0.2) is 22.3 Å². The summed E-state index contributed by atoms with van der Waals surface area (Å²) in [5, 5.41) is 10.9. The summed E-state index contributed by atoms with van der Waals surface area (Å²) >= 11 is 0. The third-order valence-corrected chi connectivity index (χ3v) is 7.51. The van der Waals surface area contributed by atoms with Gasteiger partial charge in [0.2, 0.25) is 0 Å². The minimum Gasteiger partial charge on any atom is -0.390 e. The molecule has 0 heterocycles. The Balaban J connectivity index is 2.32. The van der Waals surface area contributed by atoms with Gasteiger partial charge in [0.1, 0.15) is 0 Å². The molecule has 0 aromatic rings. The first kappa shape index (κ1) is 28.8. The van der Waals surface area contributed by atoms with Crippen molar-refractivity contribution in [2.24, 2.45) is 17.8 Å². The fourth-order valence-electron chi connectivity index (χ4n) is 4.79. The predicted molar refractivity (Wildman–Crippen MR) is 136 cm³/mol.